The standard InChI is InChI=1S/C19H22FN/c1-2-21-18(14-15-7-6-10-17(20)13-15)19(11-12-19)16-8-4-3-5-9-16/h3-10,13,18,21H,2,11-12,14H2,1H3. The fourth-order valence-electron chi connectivity index (χ4n) is 3.35. The molecule has 1 aliphatic carbocycles. The minimum Gasteiger partial charge on any atom is -0.313 e. The van der Waals surface area contributed by atoms with Crippen molar-refractivity contribution in [1.29, 1.82) is 0 Å². The molecule has 1 atom stereocenters. The van der Waals surface area contributed by atoms with Crippen molar-refractivity contribution in [3.63, 3.8) is 0 Å². The highest BCUT2D eigenvalue weighted by atomic mass is 19.1. The molecule has 0 heterocycles. The van der Waals surface area contributed by atoms with Gasteiger partial charge < -0.3 is 5.32 Å². The maximum Gasteiger partial charge on any atom is 0.123 e. The van der Waals surface area contributed by atoms with Crippen molar-refractivity contribution in [2.24, 2.45) is 0 Å². The minimum absolute atomic E-state index is 0.146. The van der Waals surface area contributed by atoms with E-state index in [-0.39, 0.29) is 11.2 Å². The van der Waals surface area contributed by atoms with E-state index >= 15 is 0 Å². The van der Waals surface area contributed by atoms with Gasteiger partial charge in [-0.15, -0.1) is 0 Å². The van der Waals surface area contributed by atoms with Gasteiger partial charge in [0.2, 0.25) is 0 Å². The average Bonchev–Trinajstić information content (AvgIpc) is 3.30. The first kappa shape index (κ1) is 14.3. The van der Waals surface area contributed by atoms with E-state index in [2.05, 4.69) is 42.6 Å². The van der Waals surface area contributed by atoms with Crippen LogP contribution in [0.1, 0.15) is 30.9 Å². The van der Waals surface area contributed by atoms with Crippen LogP contribution in [0.4, 0.5) is 4.39 Å². The van der Waals surface area contributed by atoms with E-state index in [1.165, 1.54) is 24.5 Å². The molecule has 2 heteroatoms. The van der Waals surface area contributed by atoms with Crippen LogP contribution in [0.15, 0.2) is 54.6 Å². The molecule has 1 saturated carbocycles. The SMILES string of the molecule is CCNC(Cc1cccc(F)c1)C1(c2ccccc2)CC1. The number of hydrogen-bond acceptors (Lipinski definition) is 1. The second-order valence-corrected chi connectivity index (χ2v) is 5.97. The quantitative estimate of drug-likeness (QED) is 0.842. The Bertz CT molecular complexity index is 590. The number of likely N-dealkylation sites (N-methyl/N-ethyl adjacent to an activating group) is 1. The largest absolute Gasteiger partial charge is 0.313 e. The first-order valence-electron chi connectivity index (χ1n) is 7.78. The lowest BCUT2D eigenvalue weighted by molar-refractivity contribution is 0.421. The maximum atomic E-state index is 13.4. The third-order valence-corrected chi connectivity index (χ3v) is 4.58. The number of hydrogen-bond donors (Lipinski definition) is 1. The number of benzene rings is 2. The highest BCUT2D eigenvalue weighted by Crippen LogP contribution is 2.51. The molecule has 110 valence electrons. The zero-order valence-electron chi connectivity index (χ0n) is 12.5. The van der Waals surface area contributed by atoms with Crippen LogP contribution < -0.4 is 5.32 Å². The summed E-state index contributed by atoms with van der Waals surface area (Å²) in [6.45, 7) is 3.08. The number of rotatable bonds is 6. The van der Waals surface area contributed by atoms with Crippen LogP contribution in [0.5, 0.6) is 0 Å². The van der Waals surface area contributed by atoms with E-state index in [1.807, 2.05) is 6.07 Å². The molecule has 0 bridgehead atoms. The van der Waals surface area contributed by atoms with Crippen LogP contribution in [-0.4, -0.2) is 12.6 Å². The summed E-state index contributed by atoms with van der Waals surface area (Å²) in [6.07, 6.45) is 3.30. The molecular weight excluding hydrogens is 261 g/mol. The number of nitrogens with one attached hydrogen (secondary N) is 1. The lowest BCUT2D eigenvalue weighted by Gasteiger charge is -2.28. The Morgan fingerprint density at radius 1 is 1.10 bits per heavy atom. The monoisotopic (exact) mass is 283 g/mol. The summed E-state index contributed by atoms with van der Waals surface area (Å²) in [5.74, 6) is -0.146. The predicted molar refractivity (Wildman–Crippen MR) is 84.9 cm³/mol. The molecule has 21 heavy (non-hydrogen) atoms. The summed E-state index contributed by atoms with van der Waals surface area (Å²) in [4.78, 5) is 0. The van der Waals surface area contributed by atoms with E-state index in [4.69, 9.17) is 0 Å². The predicted octanol–water partition coefficient (Wildman–Crippen LogP) is 4.08. The van der Waals surface area contributed by atoms with E-state index in [9.17, 15) is 4.39 Å². The van der Waals surface area contributed by atoms with Gasteiger partial charge in [0.25, 0.3) is 0 Å². The molecule has 2 aromatic rings. The van der Waals surface area contributed by atoms with Gasteiger partial charge in [0.1, 0.15) is 5.82 Å². The zero-order valence-corrected chi connectivity index (χ0v) is 12.5. The molecule has 1 fully saturated rings. The molecule has 0 amide bonds. The number of halogens is 1. The summed E-state index contributed by atoms with van der Waals surface area (Å²) in [5.41, 5.74) is 2.71. The van der Waals surface area contributed by atoms with Crippen molar-refractivity contribution in [2.45, 2.75) is 37.6 Å². The first-order valence-corrected chi connectivity index (χ1v) is 7.78. The molecule has 0 spiro atoms. The smallest absolute Gasteiger partial charge is 0.123 e. The third-order valence-electron chi connectivity index (χ3n) is 4.58. The molecule has 0 aromatic heterocycles. The summed E-state index contributed by atoms with van der Waals surface area (Å²) < 4.78 is 13.4. The van der Waals surface area contributed by atoms with Crippen molar-refractivity contribution in [3.05, 3.63) is 71.5 Å². The van der Waals surface area contributed by atoms with Crippen molar-refractivity contribution < 1.29 is 4.39 Å². The minimum atomic E-state index is -0.146. The first-order chi connectivity index (χ1) is 10.2. The second kappa shape index (κ2) is 5.98. The van der Waals surface area contributed by atoms with Gasteiger partial charge in [-0.3, -0.25) is 0 Å². The molecule has 1 unspecified atom stereocenters. The molecule has 2 aromatic carbocycles. The van der Waals surface area contributed by atoms with Crippen LogP contribution in [0, 0.1) is 5.82 Å². The maximum absolute atomic E-state index is 13.4. The van der Waals surface area contributed by atoms with Crippen LogP contribution in [-0.2, 0) is 11.8 Å². The van der Waals surface area contributed by atoms with Gasteiger partial charge in [0.05, 0.1) is 0 Å². The lowest BCUT2D eigenvalue weighted by atomic mass is 9.84. The van der Waals surface area contributed by atoms with Crippen molar-refractivity contribution in [3.8, 4) is 0 Å². The van der Waals surface area contributed by atoms with E-state index in [0.717, 1.165) is 18.5 Å². The molecule has 0 aliphatic heterocycles. The lowest BCUT2D eigenvalue weighted by Crippen LogP contribution is -2.41. The molecule has 1 N–H and O–H groups in total. The van der Waals surface area contributed by atoms with Gasteiger partial charge in [0.15, 0.2) is 0 Å². The fourth-order valence-corrected chi connectivity index (χ4v) is 3.35. The van der Waals surface area contributed by atoms with Crippen molar-refractivity contribution in [1.82, 2.24) is 5.32 Å². The molecular formula is C19H22FN. The Balaban J connectivity index is 1.85. The highest BCUT2D eigenvalue weighted by molar-refractivity contribution is 5.35. The Kier molecular flexibility index (Phi) is 4.07. The molecule has 0 radical (unpaired) electrons. The average molecular weight is 283 g/mol. The Morgan fingerprint density at radius 3 is 2.48 bits per heavy atom. The second-order valence-electron chi connectivity index (χ2n) is 5.97. The highest BCUT2D eigenvalue weighted by Gasteiger charge is 2.50. The molecule has 1 nitrogen and oxygen atoms in total. The van der Waals surface area contributed by atoms with Gasteiger partial charge in [0, 0.05) is 11.5 Å². The summed E-state index contributed by atoms with van der Waals surface area (Å²) in [5, 5.41) is 3.63. The normalized spacial score (nSPS) is 17.4. The van der Waals surface area contributed by atoms with E-state index in [1.54, 1.807) is 12.1 Å². The summed E-state index contributed by atoms with van der Waals surface area (Å²) >= 11 is 0. The Hall–Kier alpha value is -1.67. The zero-order chi connectivity index (χ0) is 14.7. The summed E-state index contributed by atoms with van der Waals surface area (Å²) in [6, 6.07) is 18.1. The molecule has 0 saturated heterocycles. The van der Waals surface area contributed by atoms with Crippen molar-refractivity contribution >= 4 is 0 Å². The van der Waals surface area contributed by atoms with Crippen LogP contribution in [0.3, 0.4) is 0 Å². The van der Waals surface area contributed by atoms with Gasteiger partial charge in [-0.1, -0.05) is 49.4 Å². The molecule has 3 rings (SSSR count). The fraction of sp³-hybridized carbons (Fsp3) is 0.368. The van der Waals surface area contributed by atoms with Crippen LogP contribution in [0.2, 0.25) is 0 Å². The third kappa shape index (κ3) is 3.01. The van der Waals surface area contributed by atoms with E-state index < -0.39 is 0 Å². The summed E-state index contributed by atoms with van der Waals surface area (Å²) in [7, 11) is 0. The van der Waals surface area contributed by atoms with E-state index in [0.29, 0.717) is 6.04 Å². The van der Waals surface area contributed by atoms with Gasteiger partial charge >= 0.3 is 0 Å². The van der Waals surface area contributed by atoms with Crippen LogP contribution >= 0.6 is 0 Å². The Labute approximate surface area is 126 Å². The van der Waals surface area contributed by atoms with Crippen LogP contribution in [0.25, 0.3) is 0 Å². The Morgan fingerprint density at radius 2 is 1.86 bits per heavy atom. The molecule has 1 aliphatic rings. The topological polar surface area (TPSA) is 12.0 Å². The van der Waals surface area contributed by atoms with Gasteiger partial charge in [-0.05, 0) is 49.1 Å². The van der Waals surface area contributed by atoms with Gasteiger partial charge in [-0.25, -0.2) is 4.39 Å². The van der Waals surface area contributed by atoms with Gasteiger partial charge in [-0.2, -0.15) is 0 Å². The van der Waals surface area contributed by atoms with Crippen molar-refractivity contribution in [2.75, 3.05) is 6.54 Å².